The lowest BCUT2D eigenvalue weighted by Gasteiger charge is -1.97. The highest BCUT2D eigenvalue weighted by molar-refractivity contribution is 6.03. The van der Waals surface area contributed by atoms with Crippen molar-refractivity contribution in [1.82, 2.24) is 0 Å². The predicted octanol–water partition coefficient (Wildman–Crippen LogP) is 1.52. The molecule has 50 valence electrons. The Bertz CT molecular complexity index is 166. The van der Waals surface area contributed by atoms with Crippen LogP contribution >= 0.6 is 0 Å². The maximum atomic E-state index is 4.25. The molecule has 0 N–H and O–H groups in total. The highest BCUT2D eigenvalue weighted by Crippen LogP contribution is 2.04. The topological polar surface area (TPSA) is 24.7 Å². The van der Waals surface area contributed by atoms with Crippen LogP contribution in [0.4, 0.5) is 0 Å². The Morgan fingerprint density at radius 3 is 2.33 bits per heavy atom. The fourth-order valence-electron chi connectivity index (χ4n) is 0.773. The molecular weight excluding hydrogens is 112 g/mol. The van der Waals surface area contributed by atoms with Crippen molar-refractivity contribution in [3.63, 3.8) is 0 Å². The molecule has 0 atom stereocenters. The van der Waals surface area contributed by atoms with Gasteiger partial charge in [-0.3, -0.25) is 4.99 Å². The molecule has 0 amide bonds. The molecule has 2 nitrogen and oxygen atoms in total. The second-order valence-electron chi connectivity index (χ2n) is 2.68. The highest BCUT2D eigenvalue weighted by Gasteiger charge is 2.08. The van der Waals surface area contributed by atoms with E-state index in [0.29, 0.717) is 5.92 Å². The minimum Gasteiger partial charge on any atom is -0.264 e. The molecule has 1 aliphatic heterocycles. The Morgan fingerprint density at radius 1 is 1.44 bits per heavy atom. The van der Waals surface area contributed by atoms with Crippen molar-refractivity contribution in [2.75, 3.05) is 6.54 Å². The molecule has 0 aromatic carbocycles. The van der Waals surface area contributed by atoms with E-state index in [9.17, 15) is 0 Å². The first-order valence-electron chi connectivity index (χ1n) is 3.28. The van der Waals surface area contributed by atoms with Crippen molar-refractivity contribution in [3.8, 4) is 0 Å². The molecule has 0 saturated heterocycles. The van der Waals surface area contributed by atoms with E-state index in [1.807, 2.05) is 6.92 Å². The normalized spacial score (nSPS) is 18.2. The molecule has 2 heteroatoms. The van der Waals surface area contributed by atoms with Gasteiger partial charge in [0.05, 0.1) is 6.54 Å². The minimum atomic E-state index is 0.488. The van der Waals surface area contributed by atoms with Crippen molar-refractivity contribution < 1.29 is 0 Å². The number of hydrogen-bond acceptors (Lipinski definition) is 2. The molecule has 0 radical (unpaired) electrons. The number of aliphatic imine (C=N–C) groups is 2. The quantitative estimate of drug-likeness (QED) is 0.506. The van der Waals surface area contributed by atoms with E-state index in [4.69, 9.17) is 0 Å². The Hall–Kier alpha value is -0.660. The van der Waals surface area contributed by atoms with Crippen LogP contribution < -0.4 is 0 Å². The van der Waals surface area contributed by atoms with E-state index in [0.717, 1.165) is 18.1 Å². The first-order valence-corrected chi connectivity index (χ1v) is 3.28. The average Bonchev–Trinajstić information content (AvgIpc) is 2.14. The van der Waals surface area contributed by atoms with E-state index >= 15 is 0 Å². The van der Waals surface area contributed by atoms with E-state index in [-0.39, 0.29) is 0 Å². The summed E-state index contributed by atoms with van der Waals surface area (Å²) in [5.74, 6) is 1.50. The van der Waals surface area contributed by atoms with Crippen molar-refractivity contribution in [2.24, 2.45) is 15.9 Å². The molecule has 0 bridgehead atoms. The van der Waals surface area contributed by atoms with Gasteiger partial charge in [0.25, 0.3) is 0 Å². The Morgan fingerprint density at radius 2 is 2.11 bits per heavy atom. The summed E-state index contributed by atoms with van der Waals surface area (Å²) in [6.45, 7) is 7.05. The van der Waals surface area contributed by atoms with Crippen molar-refractivity contribution in [1.29, 1.82) is 0 Å². The number of amidine groups is 1. The summed E-state index contributed by atoms with van der Waals surface area (Å²) < 4.78 is 0. The molecule has 1 rings (SSSR count). The van der Waals surface area contributed by atoms with Gasteiger partial charge in [-0.25, -0.2) is 4.99 Å². The zero-order valence-corrected chi connectivity index (χ0v) is 6.18. The lowest BCUT2D eigenvalue weighted by molar-refractivity contribution is 0.874. The zero-order chi connectivity index (χ0) is 6.85. The molecule has 0 aromatic heterocycles. The van der Waals surface area contributed by atoms with Crippen LogP contribution in [-0.4, -0.2) is 18.1 Å². The van der Waals surface area contributed by atoms with Gasteiger partial charge in [-0.15, -0.1) is 0 Å². The van der Waals surface area contributed by atoms with Gasteiger partial charge in [-0.1, -0.05) is 13.8 Å². The van der Waals surface area contributed by atoms with Gasteiger partial charge in [-0.2, -0.15) is 0 Å². The number of hydrogen-bond donors (Lipinski definition) is 0. The van der Waals surface area contributed by atoms with Crippen LogP contribution in [0.3, 0.4) is 0 Å². The van der Waals surface area contributed by atoms with Gasteiger partial charge in [0, 0.05) is 11.6 Å². The van der Waals surface area contributed by atoms with E-state index in [1.54, 1.807) is 0 Å². The van der Waals surface area contributed by atoms with E-state index in [1.165, 1.54) is 0 Å². The lowest BCUT2D eigenvalue weighted by atomic mass is 10.2. The third-order valence-corrected chi connectivity index (χ3v) is 1.29. The lowest BCUT2D eigenvalue weighted by Crippen LogP contribution is -2.00. The summed E-state index contributed by atoms with van der Waals surface area (Å²) in [6.07, 6.45) is 0. The van der Waals surface area contributed by atoms with Crippen LogP contribution in [0.2, 0.25) is 0 Å². The molecule has 0 aliphatic carbocycles. The van der Waals surface area contributed by atoms with Gasteiger partial charge in [0.2, 0.25) is 0 Å². The third kappa shape index (κ3) is 1.37. The molecule has 0 spiro atoms. The van der Waals surface area contributed by atoms with Gasteiger partial charge < -0.3 is 0 Å². The van der Waals surface area contributed by atoms with Crippen molar-refractivity contribution in [2.45, 2.75) is 20.8 Å². The van der Waals surface area contributed by atoms with Gasteiger partial charge in [0.15, 0.2) is 0 Å². The van der Waals surface area contributed by atoms with Crippen LogP contribution in [-0.2, 0) is 0 Å². The standard InChI is InChI=1S/C7H12N2/c1-5(2)7-8-4-6(3)9-7/h5H,4H2,1-3H3. The molecule has 0 fully saturated rings. The first-order chi connectivity index (χ1) is 4.20. The molecule has 9 heavy (non-hydrogen) atoms. The van der Waals surface area contributed by atoms with Gasteiger partial charge >= 0.3 is 0 Å². The molecule has 1 heterocycles. The smallest absolute Gasteiger partial charge is 0.126 e. The van der Waals surface area contributed by atoms with E-state index in [2.05, 4.69) is 23.8 Å². The minimum absolute atomic E-state index is 0.488. The largest absolute Gasteiger partial charge is 0.264 e. The SMILES string of the molecule is CC1=NC(C(C)C)=NC1. The summed E-state index contributed by atoms with van der Waals surface area (Å²) in [5, 5.41) is 0. The maximum absolute atomic E-state index is 4.25. The summed E-state index contributed by atoms with van der Waals surface area (Å²) in [5.41, 5.74) is 1.14. The molecule has 0 aromatic rings. The molecule has 1 aliphatic rings. The Kier molecular flexibility index (Phi) is 1.65. The van der Waals surface area contributed by atoms with Crippen LogP contribution in [0.15, 0.2) is 9.98 Å². The van der Waals surface area contributed by atoms with E-state index < -0.39 is 0 Å². The Balaban J connectivity index is 2.64. The summed E-state index contributed by atoms with van der Waals surface area (Å²) in [4.78, 5) is 8.48. The van der Waals surface area contributed by atoms with Crippen LogP contribution in [0.1, 0.15) is 20.8 Å². The fraction of sp³-hybridized carbons (Fsp3) is 0.714. The maximum Gasteiger partial charge on any atom is 0.126 e. The van der Waals surface area contributed by atoms with Gasteiger partial charge in [0.1, 0.15) is 5.84 Å². The van der Waals surface area contributed by atoms with Crippen LogP contribution in [0.25, 0.3) is 0 Å². The summed E-state index contributed by atoms with van der Waals surface area (Å²) in [6, 6.07) is 0. The molecular formula is C7H12N2. The van der Waals surface area contributed by atoms with Crippen LogP contribution in [0, 0.1) is 5.92 Å². The van der Waals surface area contributed by atoms with Gasteiger partial charge in [-0.05, 0) is 6.92 Å². The first kappa shape index (κ1) is 6.46. The third-order valence-electron chi connectivity index (χ3n) is 1.29. The predicted molar refractivity (Wildman–Crippen MR) is 40.2 cm³/mol. The zero-order valence-electron chi connectivity index (χ0n) is 6.18. The summed E-state index contributed by atoms with van der Waals surface area (Å²) >= 11 is 0. The monoisotopic (exact) mass is 124 g/mol. The molecule has 0 unspecified atom stereocenters. The number of nitrogens with zero attached hydrogens (tertiary/aromatic N) is 2. The number of rotatable bonds is 1. The second-order valence-corrected chi connectivity index (χ2v) is 2.68. The van der Waals surface area contributed by atoms with Crippen LogP contribution in [0.5, 0.6) is 0 Å². The fourth-order valence-corrected chi connectivity index (χ4v) is 0.773. The summed E-state index contributed by atoms with van der Waals surface area (Å²) in [7, 11) is 0. The Labute approximate surface area is 55.7 Å². The van der Waals surface area contributed by atoms with Crippen molar-refractivity contribution >= 4 is 11.5 Å². The second kappa shape index (κ2) is 2.29. The average molecular weight is 124 g/mol. The van der Waals surface area contributed by atoms with Crippen molar-refractivity contribution in [3.05, 3.63) is 0 Å². The molecule has 0 saturated carbocycles. The highest BCUT2D eigenvalue weighted by atomic mass is 15.0.